The van der Waals surface area contributed by atoms with Crippen molar-refractivity contribution < 1.29 is 54.4 Å². The molecule has 0 saturated heterocycles. The van der Waals surface area contributed by atoms with E-state index >= 15 is 0 Å². The number of quaternary nitrogens is 1. The zero-order valence-corrected chi connectivity index (χ0v) is 34.7. The molecule has 0 radical (unpaired) electrons. The summed E-state index contributed by atoms with van der Waals surface area (Å²) in [6.07, 6.45) is 34.1. The van der Waals surface area contributed by atoms with E-state index in [1.165, 1.54) is 103 Å². The van der Waals surface area contributed by atoms with Gasteiger partial charge >= 0.3 is 19.8 Å². The van der Waals surface area contributed by atoms with Crippen LogP contribution in [0.1, 0.15) is 212 Å². The number of esters is 2. The smallest absolute Gasteiger partial charge is 0.462 e. The van der Waals surface area contributed by atoms with E-state index in [-0.39, 0.29) is 12.8 Å². The first-order valence-electron chi connectivity index (χ1n) is 25.7. The topological polar surface area (TPSA) is 108 Å². The average molecular weight is 784 g/mol. The van der Waals surface area contributed by atoms with Crippen molar-refractivity contribution in [2.45, 2.75) is 206 Å². The van der Waals surface area contributed by atoms with Gasteiger partial charge in [0.1, 0.15) is 19.8 Å². The SMILES string of the molecule is [2H]C([2H])([2H])[N+](CCOP(=O)(O)OCC(COC(=O)CCCCCCCCCCCCCCCC)OC(=O)CCCCCCC/C=C\CCCCCCCC)(C([2H])([2H])[2H])C([2H])([2H])[2H]. The van der Waals surface area contributed by atoms with Gasteiger partial charge in [-0.2, -0.15) is 0 Å². The summed E-state index contributed by atoms with van der Waals surface area (Å²) in [4.78, 5) is 35.7. The predicted molar refractivity (Wildman–Crippen MR) is 220 cm³/mol. The third-order valence-corrected chi connectivity index (χ3v) is 10.2. The van der Waals surface area contributed by atoms with Crippen LogP contribution in [0.15, 0.2) is 12.2 Å². The Kier molecular flexibility index (Phi) is 25.6. The van der Waals surface area contributed by atoms with Crippen molar-refractivity contribution >= 4 is 19.8 Å². The molecule has 0 aromatic carbocycles. The number of rotatable bonds is 40. The van der Waals surface area contributed by atoms with E-state index in [0.717, 1.165) is 57.8 Å². The lowest BCUT2D eigenvalue weighted by Crippen LogP contribution is -2.37. The Balaban J connectivity index is 4.96. The van der Waals surface area contributed by atoms with Crippen LogP contribution in [0.2, 0.25) is 0 Å². The molecule has 0 bridgehead atoms. The molecule has 0 aliphatic carbocycles. The first-order chi connectivity index (χ1) is 29.2. The van der Waals surface area contributed by atoms with Crippen molar-refractivity contribution in [3.8, 4) is 0 Å². The fourth-order valence-corrected chi connectivity index (χ4v) is 6.67. The molecule has 53 heavy (non-hydrogen) atoms. The molecule has 314 valence electrons. The fourth-order valence-electron chi connectivity index (χ4n) is 5.93. The van der Waals surface area contributed by atoms with E-state index in [4.69, 9.17) is 30.9 Å². The molecule has 0 aromatic rings. The highest BCUT2D eigenvalue weighted by atomic mass is 31.2. The molecule has 0 amide bonds. The van der Waals surface area contributed by atoms with E-state index in [1.54, 1.807) is 0 Å². The third kappa shape index (κ3) is 40.2. The van der Waals surface area contributed by atoms with Gasteiger partial charge in [0.05, 0.1) is 39.9 Å². The third-order valence-electron chi connectivity index (χ3n) is 9.21. The van der Waals surface area contributed by atoms with Crippen molar-refractivity contribution in [1.29, 1.82) is 0 Å². The van der Waals surface area contributed by atoms with Crippen LogP contribution in [-0.2, 0) is 32.7 Å². The summed E-state index contributed by atoms with van der Waals surface area (Å²) in [5.41, 5.74) is 0. The van der Waals surface area contributed by atoms with Crippen LogP contribution in [0.3, 0.4) is 0 Å². The summed E-state index contributed by atoms with van der Waals surface area (Å²) in [5.74, 6) is -1.15. The number of allylic oxidation sites excluding steroid dienone is 2. The number of hydrogen-bond donors (Lipinski definition) is 1. The Morgan fingerprint density at radius 1 is 0.604 bits per heavy atom. The molecule has 9 nitrogen and oxygen atoms in total. The van der Waals surface area contributed by atoms with Crippen LogP contribution < -0.4 is 0 Å². The van der Waals surface area contributed by atoms with Crippen molar-refractivity contribution in [1.82, 2.24) is 0 Å². The minimum absolute atomic E-state index is 0.0638. The van der Waals surface area contributed by atoms with Gasteiger partial charge in [-0.15, -0.1) is 0 Å². The van der Waals surface area contributed by atoms with Crippen LogP contribution in [0.25, 0.3) is 0 Å². The van der Waals surface area contributed by atoms with Crippen LogP contribution in [0, 0.1) is 0 Å². The second-order valence-corrected chi connectivity index (χ2v) is 16.1. The molecule has 0 heterocycles. The first-order valence-corrected chi connectivity index (χ1v) is 22.7. The summed E-state index contributed by atoms with van der Waals surface area (Å²) in [6, 6.07) is 0. The molecule has 0 fully saturated rings. The lowest BCUT2D eigenvalue weighted by atomic mass is 10.0. The maximum atomic E-state index is 12.8. The van der Waals surface area contributed by atoms with Gasteiger partial charge in [0, 0.05) is 12.8 Å². The Morgan fingerprint density at radius 3 is 1.47 bits per heavy atom. The van der Waals surface area contributed by atoms with Gasteiger partial charge in [-0.3, -0.25) is 18.6 Å². The van der Waals surface area contributed by atoms with Crippen molar-refractivity contribution in [2.24, 2.45) is 0 Å². The summed E-state index contributed by atoms with van der Waals surface area (Å²) >= 11 is 0. The summed E-state index contributed by atoms with van der Waals surface area (Å²) in [6.45, 7) is -9.77. The number of likely N-dealkylation sites (N-methyl/N-ethyl adjacent to an activating group) is 1. The molecule has 0 aliphatic rings. The quantitative estimate of drug-likeness (QED) is 0.0215. The van der Waals surface area contributed by atoms with Gasteiger partial charge < -0.3 is 18.9 Å². The van der Waals surface area contributed by atoms with E-state index in [2.05, 4.69) is 26.0 Å². The molecule has 0 aromatic heterocycles. The zero-order chi connectivity index (χ0) is 46.8. The molecular weight excluding hydrogens is 689 g/mol. The largest absolute Gasteiger partial charge is 0.472 e. The van der Waals surface area contributed by atoms with E-state index < -0.39 is 77.6 Å². The number of carbonyl (C=O) groups excluding carboxylic acids is 2. The Labute approximate surface area is 339 Å². The normalized spacial score (nSPS) is 16.9. The van der Waals surface area contributed by atoms with Gasteiger partial charge in [0.25, 0.3) is 0 Å². The molecule has 0 rings (SSSR count). The molecular formula is C43H85NO8P+. The molecule has 2 atom stereocenters. The lowest BCUT2D eigenvalue weighted by Gasteiger charge is -2.24. The van der Waals surface area contributed by atoms with Crippen LogP contribution in [-0.4, -0.2) is 74.7 Å². The van der Waals surface area contributed by atoms with Gasteiger partial charge in [-0.1, -0.05) is 161 Å². The summed E-state index contributed by atoms with van der Waals surface area (Å²) in [7, 11) is -5.08. The number of unbranched alkanes of at least 4 members (excludes halogenated alkanes) is 24. The number of nitrogens with zero attached hydrogens (tertiary/aromatic N) is 1. The number of hydrogen-bond acceptors (Lipinski definition) is 7. The number of ether oxygens (including phenoxy) is 2. The van der Waals surface area contributed by atoms with Gasteiger partial charge in [-0.25, -0.2) is 4.57 Å². The number of phosphoric acid groups is 1. The van der Waals surface area contributed by atoms with Gasteiger partial charge in [0.15, 0.2) is 6.10 Å². The molecule has 0 saturated carbocycles. The number of phosphoric ester groups is 1. The van der Waals surface area contributed by atoms with E-state index in [1.807, 2.05) is 0 Å². The van der Waals surface area contributed by atoms with E-state index in [9.17, 15) is 19.0 Å². The standard InChI is InChI=1S/C43H84NO8P/c1-6-8-10-12-14-16-18-20-22-24-26-28-30-32-34-36-43(46)52-41(40-51-53(47,48)50-38-37-44(3,4)5)39-49-42(45)35-33-31-29-27-25-23-21-19-17-15-13-11-9-7-2/h20,22,41H,6-19,21,23-40H2,1-5H3/p+1/b22-20-/i3D3,4D3,5D3. The molecule has 0 aliphatic heterocycles. The molecule has 2 unspecified atom stereocenters. The van der Waals surface area contributed by atoms with Crippen molar-refractivity contribution in [3.05, 3.63) is 12.2 Å². The van der Waals surface area contributed by atoms with Crippen LogP contribution >= 0.6 is 7.82 Å². The highest BCUT2D eigenvalue weighted by Crippen LogP contribution is 2.43. The van der Waals surface area contributed by atoms with E-state index in [0.29, 0.717) is 12.8 Å². The monoisotopic (exact) mass is 784 g/mol. The maximum Gasteiger partial charge on any atom is 0.472 e. The zero-order valence-electron chi connectivity index (χ0n) is 42.8. The summed E-state index contributed by atoms with van der Waals surface area (Å²) < 4.78 is 100. The fraction of sp³-hybridized carbons (Fsp3) is 0.907. The van der Waals surface area contributed by atoms with Crippen molar-refractivity contribution in [3.63, 3.8) is 0 Å². The second kappa shape index (κ2) is 36.4. The minimum atomic E-state index is -5.08. The predicted octanol–water partition coefficient (Wildman–Crippen LogP) is 12.2. The average Bonchev–Trinajstić information content (AvgIpc) is 3.17. The Hall–Kier alpha value is -1.25. The lowest BCUT2D eigenvalue weighted by molar-refractivity contribution is -0.870. The first kappa shape index (κ1) is 37.3. The van der Waals surface area contributed by atoms with Gasteiger partial charge in [-0.05, 0) is 38.5 Å². The Morgan fingerprint density at radius 2 is 1.02 bits per heavy atom. The van der Waals surface area contributed by atoms with Crippen LogP contribution in [0.4, 0.5) is 0 Å². The second-order valence-electron chi connectivity index (χ2n) is 14.6. The molecule has 0 spiro atoms. The highest BCUT2D eigenvalue weighted by molar-refractivity contribution is 7.47. The van der Waals surface area contributed by atoms with Crippen molar-refractivity contribution in [2.75, 3.05) is 47.3 Å². The maximum absolute atomic E-state index is 12.8. The molecule has 1 N–H and O–H groups in total. The summed E-state index contributed by atoms with van der Waals surface area (Å²) in [5, 5.41) is 0. The van der Waals surface area contributed by atoms with Crippen LogP contribution in [0.5, 0.6) is 0 Å². The van der Waals surface area contributed by atoms with Gasteiger partial charge in [0.2, 0.25) is 0 Å². The molecule has 10 heteroatoms. The number of carbonyl (C=O) groups is 2. The minimum Gasteiger partial charge on any atom is -0.462 e. The highest BCUT2D eigenvalue weighted by Gasteiger charge is 2.27. The Bertz CT molecular complexity index is 1180.